The van der Waals surface area contributed by atoms with Crippen molar-refractivity contribution >= 4 is 17.0 Å². The highest BCUT2D eigenvalue weighted by Gasteiger charge is 2.32. The van der Waals surface area contributed by atoms with Gasteiger partial charge in [0.1, 0.15) is 17.9 Å². The largest absolute Gasteiger partial charge is 0.379 e. The molecule has 5 aromatic rings. The van der Waals surface area contributed by atoms with Crippen LogP contribution >= 0.6 is 0 Å². The number of pyridine rings is 1. The van der Waals surface area contributed by atoms with E-state index in [2.05, 4.69) is 25.0 Å². The van der Waals surface area contributed by atoms with Crippen molar-refractivity contribution in [3.8, 4) is 22.4 Å². The van der Waals surface area contributed by atoms with Crippen molar-refractivity contribution < 1.29 is 9.50 Å². The van der Waals surface area contributed by atoms with E-state index >= 15 is 0 Å². The molecule has 0 aliphatic rings. The van der Waals surface area contributed by atoms with Crippen LogP contribution in [0, 0.1) is 0 Å². The third-order valence-electron chi connectivity index (χ3n) is 6.02. The van der Waals surface area contributed by atoms with E-state index in [0.717, 1.165) is 27.6 Å². The lowest BCUT2D eigenvalue weighted by Crippen LogP contribution is -2.28. The molecule has 0 bridgehead atoms. The summed E-state index contributed by atoms with van der Waals surface area (Å²) in [4.78, 5) is 16.5. The molecule has 0 aliphatic carbocycles. The number of aliphatic hydroxyl groups is 1. The van der Waals surface area contributed by atoms with Crippen LogP contribution in [-0.4, -0.2) is 41.5 Å². The number of fused-ring (bicyclic) bond motifs is 1. The molecule has 34 heavy (non-hydrogen) atoms. The van der Waals surface area contributed by atoms with Crippen LogP contribution in [0.1, 0.15) is 24.6 Å². The van der Waals surface area contributed by atoms with Crippen molar-refractivity contribution in [3.05, 3.63) is 78.5 Å². The van der Waals surface area contributed by atoms with Crippen LogP contribution in [0.25, 0.3) is 33.4 Å². The van der Waals surface area contributed by atoms with E-state index in [9.17, 15) is 9.50 Å². The molecule has 0 radical (unpaired) electrons. The lowest BCUT2D eigenvalue weighted by molar-refractivity contribution is 0.0720. The topological polar surface area (TPSA) is 119 Å². The second kappa shape index (κ2) is 8.68. The minimum Gasteiger partial charge on any atom is -0.379 e. The molecule has 1 aromatic carbocycles. The fraction of sp³-hybridized carbons (Fsp3) is 0.200. The first kappa shape index (κ1) is 21.7. The summed E-state index contributed by atoms with van der Waals surface area (Å²) < 4.78 is 14.2. The van der Waals surface area contributed by atoms with Gasteiger partial charge in [-0.05, 0) is 24.1 Å². The summed E-state index contributed by atoms with van der Waals surface area (Å²) in [6.07, 6.45) is 7.44. The number of H-pyrrole nitrogens is 1. The average Bonchev–Trinajstić information content (AvgIpc) is 3.51. The van der Waals surface area contributed by atoms with Gasteiger partial charge in [0.15, 0.2) is 0 Å². The maximum absolute atomic E-state index is 12.7. The zero-order chi connectivity index (χ0) is 23.7. The highest BCUT2D eigenvalue weighted by atomic mass is 19.1. The molecule has 4 aromatic heterocycles. The van der Waals surface area contributed by atoms with Gasteiger partial charge < -0.3 is 15.8 Å². The lowest BCUT2D eigenvalue weighted by atomic mass is 9.87. The van der Waals surface area contributed by atoms with Crippen molar-refractivity contribution in [3.63, 3.8) is 0 Å². The number of aromatic amines is 1. The van der Waals surface area contributed by atoms with Gasteiger partial charge in [-0.15, -0.1) is 0 Å². The van der Waals surface area contributed by atoms with Crippen LogP contribution in [0.3, 0.4) is 0 Å². The number of hydrogen-bond donors (Lipinski definition) is 3. The minimum atomic E-state index is -1.31. The molecule has 1 atom stereocenters. The van der Waals surface area contributed by atoms with Gasteiger partial charge in [-0.3, -0.25) is 4.68 Å². The smallest absolute Gasteiger partial charge is 0.220 e. The van der Waals surface area contributed by atoms with Gasteiger partial charge in [-0.25, -0.2) is 19.3 Å². The minimum absolute atomic E-state index is 0.0706. The molecule has 1 unspecified atom stereocenters. The van der Waals surface area contributed by atoms with Crippen LogP contribution in [-0.2, 0) is 12.1 Å². The number of aryl methyl sites for hydroxylation is 1. The van der Waals surface area contributed by atoms with Crippen LogP contribution in [0.4, 0.5) is 10.3 Å². The summed E-state index contributed by atoms with van der Waals surface area (Å²) >= 11 is 0. The van der Waals surface area contributed by atoms with Crippen molar-refractivity contribution in [1.29, 1.82) is 0 Å². The van der Waals surface area contributed by atoms with Crippen molar-refractivity contribution in [2.75, 3.05) is 12.4 Å². The number of nitrogen functional groups attached to an aromatic ring is 1. The highest BCUT2D eigenvalue weighted by molar-refractivity contribution is 5.95. The summed E-state index contributed by atoms with van der Waals surface area (Å²) in [5.41, 5.74) is 9.65. The predicted octanol–water partition coefficient (Wildman–Crippen LogP) is 4.08. The summed E-state index contributed by atoms with van der Waals surface area (Å²) in [6.45, 7) is 1.62. The van der Waals surface area contributed by atoms with E-state index in [4.69, 9.17) is 5.73 Å². The first-order chi connectivity index (χ1) is 16.5. The monoisotopic (exact) mass is 457 g/mol. The number of rotatable bonds is 7. The number of halogens is 1. The van der Waals surface area contributed by atoms with Crippen LogP contribution < -0.4 is 5.73 Å². The van der Waals surface area contributed by atoms with Gasteiger partial charge in [-0.2, -0.15) is 5.10 Å². The van der Waals surface area contributed by atoms with Crippen molar-refractivity contribution in [2.24, 2.45) is 0 Å². The quantitative estimate of drug-likeness (QED) is 0.339. The Hall–Kier alpha value is -4.11. The van der Waals surface area contributed by atoms with Crippen LogP contribution in [0.5, 0.6) is 0 Å². The Labute approximate surface area is 195 Å². The van der Waals surface area contributed by atoms with E-state index in [1.54, 1.807) is 29.3 Å². The molecule has 5 rings (SSSR count). The Kier molecular flexibility index (Phi) is 5.54. The third-order valence-corrected chi connectivity index (χ3v) is 6.02. The van der Waals surface area contributed by atoms with Crippen LogP contribution in [0.15, 0.2) is 67.3 Å². The number of nitrogens with two attached hydrogens (primary N) is 1. The number of alkyl halides is 1. The number of aromatic nitrogens is 6. The summed E-state index contributed by atoms with van der Waals surface area (Å²) in [7, 11) is 0. The molecule has 0 aliphatic heterocycles. The molecule has 4 N–H and O–H groups in total. The van der Waals surface area contributed by atoms with Crippen molar-refractivity contribution in [1.82, 2.24) is 29.7 Å². The van der Waals surface area contributed by atoms with Gasteiger partial charge in [0.2, 0.25) is 5.95 Å². The van der Waals surface area contributed by atoms with Gasteiger partial charge in [0.05, 0.1) is 24.1 Å². The summed E-state index contributed by atoms with van der Waals surface area (Å²) in [6, 6.07) is 13.1. The SMILES string of the molecule is CCC(O)(c1ccccc1)c1cc(-c2c[nH]c3ncc(-c4cnn(CCF)c4)cc23)nc(N)n1. The fourth-order valence-corrected chi connectivity index (χ4v) is 4.16. The average molecular weight is 458 g/mol. The Morgan fingerprint density at radius 2 is 1.94 bits per heavy atom. The molecular formula is C25H24FN7O. The number of nitrogens with zero attached hydrogens (tertiary/aromatic N) is 5. The zero-order valence-corrected chi connectivity index (χ0v) is 18.6. The molecular weight excluding hydrogens is 433 g/mol. The van der Waals surface area contributed by atoms with E-state index in [-0.39, 0.29) is 12.5 Å². The molecule has 9 heteroatoms. The van der Waals surface area contributed by atoms with E-state index < -0.39 is 12.3 Å². The molecule has 0 saturated heterocycles. The van der Waals surface area contributed by atoms with Crippen molar-refractivity contribution in [2.45, 2.75) is 25.5 Å². The second-order valence-corrected chi connectivity index (χ2v) is 8.08. The number of hydrogen-bond acceptors (Lipinski definition) is 6. The van der Waals surface area contributed by atoms with E-state index in [1.165, 1.54) is 0 Å². The highest BCUT2D eigenvalue weighted by Crippen LogP contribution is 2.35. The summed E-state index contributed by atoms with van der Waals surface area (Å²) in [5, 5.41) is 16.6. The number of benzene rings is 1. The number of nitrogens with one attached hydrogen (secondary N) is 1. The Balaban J connectivity index is 1.60. The molecule has 0 amide bonds. The van der Waals surface area contributed by atoms with Gasteiger partial charge in [-0.1, -0.05) is 37.3 Å². The van der Waals surface area contributed by atoms with Gasteiger partial charge in [0.25, 0.3) is 0 Å². The maximum atomic E-state index is 12.7. The zero-order valence-electron chi connectivity index (χ0n) is 18.6. The molecule has 172 valence electrons. The van der Waals surface area contributed by atoms with Gasteiger partial charge >= 0.3 is 0 Å². The first-order valence-electron chi connectivity index (χ1n) is 11.0. The Morgan fingerprint density at radius 3 is 2.71 bits per heavy atom. The standard InChI is InChI=1S/C25H24FN7O/c1-2-25(34,18-6-4-3-5-7-18)22-11-21(31-24(27)32-22)20-14-29-23-19(20)10-16(12-28-23)17-13-30-33(15-17)9-8-26/h3-7,10-15,34H,2,8-9H2,1H3,(H,28,29)(H2,27,31,32). The molecule has 0 saturated carbocycles. The predicted molar refractivity (Wildman–Crippen MR) is 128 cm³/mol. The lowest BCUT2D eigenvalue weighted by Gasteiger charge is -2.27. The normalized spacial score (nSPS) is 13.3. The molecule has 8 nitrogen and oxygen atoms in total. The number of anilines is 1. The summed E-state index contributed by atoms with van der Waals surface area (Å²) in [5.74, 6) is 0.0706. The third kappa shape index (κ3) is 3.80. The fourth-order valence-electron chi connectivity index (χ4n) is 4.16. The molecule has 0 fully saturated rings. The second-order valence-electron chi connectivity index (χ2n) is 8.08. The van der Waals surface area contributed by atoms with Gasteiger partial charge in [0, 0.05) is 40.7 Å². The van der Waals surface area contributed by atoms with E-state index in [0.29, 0.717) is 23.5 Å². The van der Waals surface area contributed by atoms with Crippen LogP contribution in [0.2, 0.25) is 0 Å². The van der Waals surface area contributed by atoms with E-state index in [1.807, 2.05) is 49.5 Å². The Bertz CT molecular complexity index is 1450. The first-order valence-corrected chi connectivity index (χ1v) is 11.0. The molecule has 0 spiro atoms. The Morgan fingerprint density at radius 1 is 1.12 bits per heavy atom. The maximum Gasteiger partial charge on any atom is 0.220 e. The molecule has 4 heterocycles.